The summed E-state index contributed by atoms with van der Waals surface area (Å²) in [5, 5.41) is 3.59. The molecule has 1 fully saturated rings. The van der Waals surface area contributed by atoms with Gasteiger partial charge in [0.15, 0.2) is 0 Å². The van der Waals surface area contributed by atoms with Crippen molar-refractivity contribution in [1.29, 1.82) is 0 Å². The Kier molecular flexibility index (Phi) is 4.39. The standard InChI is InChI=1S/C12H26N2/c1-5-12(2,3)13-8-9-14(4)10-11-6-7-11/h11,13H,5-10H2,1-4H3. The Labute approximate surface area is 89.1 Å². The topological polar surface area (TPSA) is 15.3 Å². The van der Waals surface area contributed by atoms with E-state index in [4.69, 9.17) is 0 Å². The van der Waals surface area contributed by atoms with Gasteiger partial charge in [-0.3, -0.25) is 0 Å². The number of likely N-dealkylation sites (N-methyl/N-ethyl adjacent to an activating group) is 1. The summed E-state index contributed by atoms with van der Waals surface area (Å²) in [6.07, 6.45) is 4.11. The molecule has 2 heteroatoms. The lowest BCUT2D eigenvalue weighted by molar-refractivity contribution is 0.290. The number of nitrogens with zero attached hydrogens (tertiary/aromatic N) is 1. The van der Waals surface area contributed by atoms with Gasteiger partial charge >= 0.3 is 0 Å². The first kappa shape index (κ1) is 12.0. The van der Waals surface area contributed by atoms with Crippen LogP contribution in [-0.4, -0.2) is 37.1 Å². The van der Waals surface area contributed by atoms with Crippen LogP contribution in [0.1, 0.15) is 40.0 Å². The highest BCUT2D eigenvalue weighted by Crippen LogP contribution is 2.29. The monoisotopic (exact) mass is 198 g/mol. The summed E-state index contributed by atoms with van der Waals surface area (Å²) in [7, 11) is 2.24. The van der Waals surface area contributed by atoms with Crippen molar-refractivity contribution in [2.75, 3.05) is 26.7 Å². The van der Waals surface area contributed by atoms with E-state index in [0.717, 1.165) is 12.5 Å². The molecule has 1 rings (SSSR count). The van der Waals surface area contributed by atoms with E-state index in [1.807, 2.05) is 0 Å². The smallest absolute Gasteiger partial charge is 0.0123 e. The Morgan fingerprint density at radius 3 is 2.50 bits per heavy atom. The molecule has 0 heterocycles. The van der Waals surface area contributed by atoms with Gasteiger partial charge in [0.25, 0.3) is 0 Å². The highest BCUT2D eigenvalue weighted by atomic mass is 15.1. The summed E-state index contributed by atoms with van der Waals surface area (Å²) in [6, 6.07) is 0. The van der Waals surface area contributed by atoms with Crippen LogP contribution in [0.5, 0.6) is 0 Å². The van der Waals surface area contributed by atoms with Crippen LogP contribution in [0, 0.1) is 5.92 Å². The highest BCUT2D eigenvalue weighted by molar-refractivity contribution is 4.78. The van der Waals surface area contributed by atoms with Crippen molar-refractivity contribution in [1.82, 2.24) is 10.2 Å². The first-order valence-electron chi connectivity index (χ1n) is 5.97. The molecule has 0 aromatic heterocycles. The van der Waals surface area contributed by atoms with Gasteiger partial charge in [-0.05, 0) is 46.1 Å². The SMILES string of the molecule is CCC(C)(C)NCCN(C)CC1CC1. The minimum absolute atomic E-state index is 0.306. The molecule has 0 aromatic rings. The minimum atomic E-state index is 0.306. The molecule has 84 valence electrons. The van der Waals surface area contributed by atoms with Crippen molar-refractivity contribution in [2.45, 2.75) is 45.6 Å². The lowest BCUT2D eigenvalue weighted by atomic mass is 10.0. The van der Waals surface area contributed by atoms with Gasteiger partial charge in [0.1, 0.15) is 0 Å². The minimum Gasteiger partial charge on any atom is -0.311 e. The van der Waals surface area contributed by atoms with Crippen LogP contribution in [0.4, 0.5) is 0 Å². The molecule has 0 atom stereocenters. The first-order valence-corrected chi connectivity index (χ1v) is 5.97. The quantitative estimate of drug-likeness (QED) is 0.674. The molecule has 0 saturated heterocycles. The maximum atomic E-state index is 3.59. The van der Waals surface area contributed by atoms with Crippen molar-refractivity contribution in [3.05, 3.63) is 0 Å². The van der Waals surface area contributed by atoms with Gasteiger partial charge < -0.3 is 10.2 Å². The zero-order valence-corrected chi connectivity index (χ0v) is 10.3. The predicted molar refractivity (Wildman–Crippen MR) is 62.6 cm³/mol. The van der Waals surface area contributed by atoms with Gasteiger partial charge in [0, 0.05) is 25.2 Å². The molecule has 14 heavy (non-hydrogen) atoms. The van der Waals surface area contributed by atoms with Crippen molar-refractivity contribution >= 4 is 0 Å². The summed E-state index contributed by atoms with van der Waals surface area (Å²) in [6.45, 7) is 10.4. The van der Waals surface area contributed by atoms with Crippen LogP contribution in [-0.2, 0) is 0 Å². The van der Waals surface area contributed by atoms with Crippen molar-refractivity contribution in [3.63, 3.8) is 0 Å². The highest BCUT2D eigenvalue weighted by Gasteiger charge is 2.22. The van der Waals surface area contributed by atoms with Crippen molar-refractivity contribution < 1.29 is 0 Å². The number of hydrogen-bond donors (Lipinski definition) is 1. The van der Waals surface area contributed by atoms with Crippen LogP contribution in [0.2, 0.25) is 0 Å². The van der Waals surface area contributed by atoms with Gasteiger partial charge in [-0.1, -0.05) is 6.92 Å². The molecule has 1 saturated carbocycles. The van der Waals surface area contributed by atoms with E-state index in [2.05, 4.69) is 38.0 Å². The first-order chi connectivity index (χ1) is 6.53. The van der Waals surface area contributed by atoms with Crippen LogP contribution >= 0.6 is 0 Å². The van der Waals surface area contributed by atoms with E-state index < -0.39 is 0 Å². The molecule has 2 nitrogen and oxygen atoms in total. The van der Waals surface area contributed by atoms with Crippen LogP contribution in [0.25, 0.3) is 0 Å². The zero-order chi connectivity index (χ0) is 10.6. The Bertz CT molecular complexity index is 162. The van der Waals surface area contributed by atoms with Gasteiger partial charge in [0.2, 0.25) is 0 Å². The summed E-state index contributed by atoms with van der Waals surface area (Å²) in [5.41, 5.74) is 0.306. The molecule has 0 aromatic carbocycles. The molecule has 0 spiro atoms. The fourth-order valence-electron chi connectivity index (χ4n) is 1.54. The van der Waals surface area contributed by atoms with E-state index in [1.165, 1.54) is 32.4 Å². The van der Waals surface area contributed by atoms with E-state index in [9.17, 15) is 0 Å². The van der Waals surface area contributed by atoms with Crippen molar-refractivity contribution in [3.8, 4) is 0 Å². The molecule has 1 aliphatic rings. The summed E-state index contributed by atoms with van der Waals surface area (Å²) < 4.78 is 0. The van der Waals surface area contributed by atoms with Gasteiger partial charge in [-0.2, -0.15) is 0 Å². The van der Waals surface area contributed by atoms with Crippen molar-refractivity contribution in [2.24, 2.45) is 5.92 Å². The fraction of sp³-hybridized carbons (Fsp3) is 1.00. The molecule has 1 N–H and O–H groups in total. The molecule has 0 bridgehead atoms. The normalized spacial score (nSPS) is 17.8. The molecular formula is C12H26N2. The summed E-state index contributed by atoms with van der Waals surface area (Å²) >= 11 is 0. The van der Waals surface area contributed by atoms with E-state index in [1.54, 1.807) is 0 Å². The lowest BCUT2D eigenvalue weighted by Gasteiger charge is -2.26. The zero-order valence-electron chi connectivity index (χ0n) is 10.3. The second-order valence-corrected chi connectivity index (χ2v) is 5.37. The van der Waals surface area contributed by atoms with Gasteiger partial charge in [-0.15, -0.1) is 0 Å². The maximum Gasteiger partial charge on any atom is 0.0123 e. The number of rotatable bonds is 7. The average molecular weight is 198 g/mol. The third-order valence-corrected chi connectivity index (χ3v) is 3.25. The average Bonchev–Trinajstić information content (AvgIpc) is 2.88. The molecular weight excluding hydrogens is 172 g/mol. The second-order valence-electron chi connectivity index (χ2n) is 5.37. The molecule has 1 aliphatic carbocycles. The Hall–Kier alpha value is -0.0800. The molecule has 0 aliphatic heterocycles. The summed E-state index contributed by atoms with van der Waals surface area (Å²) in [5.74, 6) is 1.01. The largest absolute Gasteiger partial charge is 0.311 e. The van der Waals surface area contributed by atoms with Crippen LogP contribution in [0.15, 0.2) is 0 Å². The number of hydrogen-bond acceptors (Lipinski definition) is 2. The van der Waals surface area contributed by atoms with E-state index in [0.29, 0.717) is 5.54 Å². The number of nitrogens with one attached hydrogen (secondary N) is 1. The third kappa shape index (κ3) is 4.97. The fourth-order valence-corrected chi connectivity index (χ4v) is 1.54. The third-order valence-electron chi connectivity index (χ3n) is 3.25. The van der Waals surface area contributed by atoms with E-state index in [-0.39, 0.29) is 0 Å². The Morgan fingerprint density at radius 1 is 1.36 bits per heavy atom. The Balaban J connectivity index is 2.01. The summed E-state index contributed by atoms with van der Waals surface area (Å²) in [4.78, 5) is 2.45. The van der Waals surface area contributed by atoms with Gasteiger partial charge in [0.05, 0.1) is 0 Å². The lowest BCUT2D eigenvalue weighted by Crippen LogP contribution is -2.42. The predicted octanol–water partition coefficient (Wildman–Crippen LogP) is 2.11. The van der Waals surface area contributed by atoms with Crippen LogP contribution < -0.4 is 5.32 Å². The molecule has 0 radical (unpaired) electrons. The molecule has 0 amide bonds. The Morgan fingerprint density at radius 2 is 2.00 bits per heavy atom. The van der Waals surface area contributed by atoms with Crippen LogP contribution in [0.3, 0.4) is 0 Å². The van der Waals surface area contributed by atoms with E-state index >= 15 is 0 Å². The van der Waals surface area contributed by atoms with Gasteiger partial charge in [-0.25, -0.2) is 0 Å². The maximum absolute atomic E-state index is 3.59. The molecule has 0 unspecified atom stereocenters. The second kappa shape index (κ2) is 5.13.